The van der Waals surface area contributed by atoms with Crippen molar-refractivity contribution in [1.82, 2.24) is 0 Å². The second-order valence-corrected chi connectivity index (χ2v) is 12.8. The third-order valence-electron chi connectivity index (χ3n) is 11.5. The molecule has 0 aromatic rings. The molecule has 5 heteroatoms. The quantitative estimate of drug-likeness (QED) is 0.460. The largest absolute Gasteiger partial charge is 0.414 e. The van der Waals surface area contributed by atoms with E-state index in [2.05, 4.69) is 27.7 Å². The first-order valence-electron chi connectivity index (χ1n) is 13.3. The molecule has 4 fully saturated rings. The van der Waals surface area contributed by atoms with E-state index >= 15 is 0 Å². The fraction of sp³-hybridized carbons (Fsp3) is 1.00. The Kier molecular flexibility index (Phi) is 6.54. The Morgan fingerprint density at radius 1 is 0.906 bits per heavy atom. The van der Waals surface area contributed by atoms with E-state index in [0.29, 0.717) is 29.6 Å². The van der Waals surface area contributed by atoms with Crippen LogP contribution in [0.4, 0.5) is 13.2 Å². The van der Waals surface area contributed by atoms with Gasteiger partial charge in [-0.1, -0.05) is 27.7 Å². The summed E-state index contributed by atoms with van der Waals surface area (Å²) < 4.78 is 38.3. The van der Waals surface area contributed by atoms with Crippen LogP contribution in [0, 0.1) is 46.3 Å². The number of hydrogen-bond acceptors (Lipinski definition) is 2. The minimum absolute atomic E-state index is 0.173. The summed E-state index contributed by atoms with van der Waals surface area (Å²) in [6.45, 7) is 9.19. The minimum atomic E-state index is -4.50. The summed E-state index contributed by atoms with van der Waals surface area (Å²) >= 11 is 0. The molecule has 0 bridgehead atoms. The lowest BCUT2D eigenvalue weighted by Crippen LogP contribution is -2.56. The maximum Gasteiger partial charge on any atom is 0.414 e. The lowest BCUT2D eigenvalue weighted by molar-refractivity contribution is -0.206. The van der Waals surface area contributed by atoms with E-state index in [1.165, 1.54) is 32.1 Å². The Labute approximate surface area is 192 Å². The summed E-state index contributed by atoms with van der Waals surface area (Å²) in [5.74, 6) is 3.48. The zero-order valence-electron chi connectivity index (χ0n) is 20.6. The molecule has 4 saturated carbocycles. The van der Waals surface area contributed by atoms with E-state index in [4.69, 9.17) is 0 Å². The number of fused-ring (bicyclic) bond motifs is 5. The molecule has 2 N–H and O–H groups in total. The molecular formula is C27H45F3O2. The van der Waals surface area contributed by atoms with Crippen molar-refractivity contribution < 1.29 is 23.4 Å². The molecule has 0 saturated heterocycles. The van der Waals surface area contributed by atoms with Gasteiger partial charge in [-0.3, -0.25) is 0 Å². The molecule has 4 aliphatic rings. The normalized spacial score (nSPS) is 48.5. The second-order valence-electron chi connectivity index (χ2n) is 12.8. The molecule has 0 heterocycles. The molecule has 4 aliphatic carbocycles. The van der Waals surface area contributed by atoms with E-state index in [9.17, 15) is 23.4 Å². The van der Waals surface area contributed by atoms with Crippen molar-refractivity contribution in [1.29, 1.82) is 0 Å². The summed E-state index contributed by atoms with van der Waals surface area (Å²) in [4.78, 5) is 0. The fourth-order valence-corrected chi connectivity index (χ4v) is 9.40. The molecule has 0 spiro atoms. The maximum atomic E-state index is 12.8. The van der Waals surface area contributed by atoms with E-state index in [1.54, 1.807) is 0 Å². The lowest BCUT2D eigenvalue weighted by Gasteiger charge is -2.62. The Morgan fingerprint density at radius 2 is 1.59 bits per heavy atom. The van der Waals surface area contributed by atoms with Gasteiger partial charge in [0.05, 0.1) is 5.60 Å². The molecule has 0 radical (unpaired) electrons. The number of hydrogen-bond donors (Lipinski definition) is 2. The SMILES string of the molecule is CC[C@]1(O)CC[C@@]2(C)[C@@H](CC[C@H]3C4CC[C@H]([C@H](C)CCC(O)C(F)(F)F)[C@@]4(C)CC[C@@H]32)C1. The van der Waals surface area contributed by atoms with Crippen molar-refractivity contribution in [2.45, 2.75) is 123 Å². The van der Waals surface area contributed by atoms with Gasteiger partial charge in [-0.05, 0) is 123 Å². The van der Waals surface area contributed by atoms with Crippen LogP contribution in [0.1, 0.15) is 105 Å². The highest BCUT2D eigenvalue weighted by atomic mass is 19.4. The number of alkyl halides is 3. The first-order chi connectivity index (χ1) is 14.8. The average molecular weight is 459 g/mol. The van der Waals surface area contributed by atoms with E-state index < -0.39 is 17.9 Å². The maximum absolute atomic E-state index is 12.8. The van der Waals surface area contributed by atoms with Gasteiger partial charge in [-0.25, -0.2) is 0 Å². The molecule has 0 aliphatic heterocycles. The van der Waals surface area contributed by atoms with E-state index in [1.807, 2.05) is 0 Å². The summed E-state index contributed by atoms with van der Waals surface area (Å²) in [5.41, 5.74) is 0.104. The van der Waals surface area contributed by atoms with Crippen molar-refractivity contribution in [3.63, 3.8) is 0 Å². The molecule has 10 atom stereocenters. The summed E-state index contributed by atoms with van der Waals surface area (Å²) in [7, 11) is 0. The van der Waals surface area contributed by atoms with Gasteiger partial charge >= 0.3 is 6.18 Å². The summed E-state index contributed by atoms with van der Waals surface area (Å²) in [6, 6.07) is 0. The monoisotopic (exact) mass is 458 g/mol. The third kappa shape index (κ3) is 4.06. The van der Waals surface area contributed by atoms with Crippen LogP contribution in [0.2, 0.25) is 0 Å². The first kappa shape index (κ1) is 24.8. The topological polar surface area (TPSA) is 40.5 Å². The van der Waals surface area contributed by atoms with Crippen LogP contribution in [0.5, 0.6) is 0 Å². The molecule has 0 amide bonds. The third-order valence-corrected chi connectivity index (χ3v) is 11.5. The molecule has 186 valence electrons. The van der Waals surface area contributed by atoms with Crippen molar-refractivity contribution >= 4 is 0 Å². The van der Waals surface area contributed by atoms with Crippen molar-refractivity contribution in [2.24, 2.45) is 46.3 Å². The first-order valence-corrected chi connectivity index (χ1v) is 13.3. The Bertz CT molecular complexity index is 680. The Hall–Kier alpha value is -0.290. The number of aliphatic hydroxyl groups excluding tert-OH is 1. The van der Waals surface area contributed by atoms with Gasteiger partial charge in [0.2, 0.25) is 0 Å². The Morgan fingerprint density at radius 3 is 2.25 bits per heavy atom. The van der Waals surface area contributed by atoms with Crippen LogP contribution in [0.3, 0.4) is 0 Å². The predicted molar refractivity (Wildman–Crippen MR) is 121 cm³/mol. The standard InChI is InChI=1S/C27H45F3O2/c1-5-26(32)15-14-24(3)18(16-26)7-8-19-21-10-9-20(25(21,4)13-12-22(19)24)17(2)6-11-23(31)27(28,29)30/h17-23,31-32H,5-16H2,1-4H3/t17-,18+,19+,20-,21?,22+,23?,24+,25-,26+/m1/s1. The highest BCUT2D eigenvalue weighted by molar-refractivity contribution is 5.10. The van der Waals surface area contributed by atoms with Crippen LogP contribution >= 0.6 is 0 Å². The molecule has 0 aromatic carbocycles. The van der Waals surface area contributed by atoms with Crippen LogP contribution in [-0.2, 0) is 0 Å². The minimum Gasteiger partial charge on any atom is -0.390 e. The summed E-state index contributed by atoms with van der Waals surface area (Å²) in [6.07, 6.45) is 4.76. The number of aliphatic hydroxyl groups is 2. The molecule has 2 unspecified atom stereocenters. The van der Waals surface area contributed by atoms with Gasteiger partial charge in [-0.15, -0.1) is 0 Å². The predicted octanol–water partition coefficient (Wildman–Crippen LogP) is 7.13. The average Bonchev–Trinajstić information content (AvgIpc) is 3.09. The highest BCUT2D eigenvalue weighted by Gasteiger charge is 2.61. The lowest BCUT2D eigenvalue weighted by atomic mass is 9.43. The van der Waals surface area contributed by atoms with Gasteiger partial charge in [0, 0.05) is 0 Å². The van der Waals surface area contributed by atoms with Gasteiger partial charge in [-0.2, -0.15) is 13.2 Å². The molecule has 32 heavy (non-hydrogen) atoms. The molecule has 2 nitrogen and oxygen atoms in total. The van der Waals surface area contributed by atoms with Gasteiger partial charge in [0.25, 0.3) is 0 Å². The van der Waals surface area contributed by atoms with Crippen molar-refractivity contribution in [2.75, 3.05) is 0 Å². The van der Waals surface area contributed by atoms with Crippen molar-refractivity contribution in [3.8, 4) is 0 Å². The zero-order valence-corrected chi connectivity index (χ0v) is 20.6. The summed E-state index contributed by atoms with van der Waals surface area (Å²) in [5, 5.41) is 20.4. The van der Waals surface area contributed by atoms with Crippen LogP contribution in [0.25, 0.3) is 0 Å². The smallest absolute Gasteiger partial charge is 0.390 e. The van der Waals surface area contributed by atoms with E-state index in [-0.39, 0.29) is 17.8 Å². The number of rotatable bonds is 5. The fourth-order valence-electron chi connectivity index (χ4n) is 9.40. The van der Waals surface area contributed by atoms with Gasteiger partial charge in [0.15, 0.2) is 0 Å². The van der Waals surface area contributed by atoms with Crippen molar-refractivity contribution in [3.05, 3.63) is 0 Å². The van der Waals surface area contributed by atoms with Gasteiger partial charge in [0.1, 0.15) is 6.10 Å². The Balaban J connectivity index is 1.45. The molecular weight excluding hydrogens is 413 g/mol. The van der Waals surface area contributed by atoms with E-state index in [0.717, 1.165) is 43.9 Å². The highest BCUT2D eigenvalue weighted by Crippen LogP contribution is 2.69. The number of halogens is 3. The molecule has 4 rings (SSSR count). The van der Waals surface area contributed by atoms with Gasteiger partial charge < -0.3 is 10.2 Å². The van der Waals surface area contributed by atoms with Crippen LogP contribution in [0.15, 0.2) is 0 Å². The zero-order chi connectivity index (χ0) is 23.5. The van der Waals surface area contributed by atoms with Crippen LogP contribution in [-0.4, -0.2) is 28.1 Å². The van der Waals surface area contributed by atoms with Crippen LogP contribution < -0.4 is 0 Å². The second kappa shape index (κ2) is 8.43. The molecule has 0 aromatic heterocycles.